The highest BCUT2D eigenvalue weighted by Gasteiger charge is 2.66. The summed E-state index contributed by atoms with van der Waals surface area (Å²) in [5.74, 6) is 4.83. The van der Waals surface area contributed by atoms with Gasteiger partial charge >= 0.3 is 0 Å². The summed E-state index contributed by atoms with van der Waals surface area (Å²) in [7, 11) is 0. The van der Waals surface area contributed by atoms with Crippen molar-refractivity contribution in [1.82, 2.24) is 9.38 Å². The SMILES string of the molecule is NC(Cc1cn2ccsc2n1)C1C2C3CCC(C3)C12. The van der Waals surface area contributed by atoms with E-state index in [1.807, 2.05) is 0 Å². The van der Waals surface area contributed by atoms with E-state index in [2.05, 4.69) is 27.2 Å². The lowest BCUT2D eigenvalue weighted by molar-refractivity contribution is 0.408. The number of hydrogen-bond acceptors (Lipinski definition) is 3. The maximum Gasteiger partial charge on any atom is 0.193 e. The average Bonchev–Trinajstić information content (AvgIpc) is 2.84. The highest BCUT2D eigenvalue weighted by Crippen LogP contribution is 2.70. The van der Waals surface area contributed by atoms with Crippen LogP contribution in [0.1, 0.15) is 25.0 Å². The third kappa shape index (κ3) is 1.44. The van der Waals surface area contributed by atoms with Gasteiger partial charge in [0.1, 0.15) is 0 Å². The van der Waals surface area contributed by atoms with E-state index in [0.717, 1.165) is 41.0 Å². The van der Waals surface area contributed by atoms with Gasteiger partial charge in [-0.1, -0.05) is 0 Å². The number of rotatable bonds is 3. The maximum atomic E-state index is 6.50. The number of nitrogens with two attached hydrogens (primary N) is 1. The smallest absolute Gasteiger partial charge is 0.193 e. The molecular weight excluding hydrogens is 254 g/mol. The number of nitrogens with zero attached hydrogens (tertiary/aromatic N) is 2. The fourth-order valence-electron chi connectivity index (χ4n) is 5.22. The van der Waals surface area contributed by atoms with Gasteiger partial charge in [-0.15, -0.1) is 11.3 Å². The lowest BCUT2D eigenvalue weighted by Crippen LogP contribution is -2.28. The van der Waals surface area contributed by atoms with Gasteiger partial charge in [0.05, 0.1) is 5.69 Å². The summed E-state index contributed by atoms with van der Waals surface area (Å²) in [5, 5.41) is 2.08. The Kier molecular flexibility index (Phi) is 2.06. The summed E-state index contributed by atoms with van der Waals surface area (Å²) in [6.45, 7) is 0. The molecule has 4 heteroatoms. The van der Waals surface area contributed by atoms with Crippen molar-refractivity contribution >= 4 is 16.3 Å². The summed E-state index contributed by atoms with van der Waals surface area (Å²) in [6, 6.07) is 0.336. The van der Waals surface area contributed by atoms with Crippen LogP contribution in [0.15, 0.2) is 17.8 Å². The molecule has 3 saturated carbocycles. The van der Waals surface area contributed by atoms with E-state index < -0.39 is 0 Å². The van der Waals surface area contributed by atoms with Crippen LogP contribution < -0.4 is 5.73 Å². The minimum Gasteiger partial charge on any atom is -0.327 e. The molecule has 5 unspecified atom stereocenters. The van der Waals surface area contributed by atoms with Gasteiger partial charge in [0, 0.05) is 30.2 Å². The fourth-order valence-corrected chi connectivity index (χ4v) is 5.94. The number of thiazole rings is 1. The summed E-state index contributed by atoms with van der Waals surface area (Å²) in [5.41, 5.74) is 7.68. The molecule has 3 nitrogen and oxygen atoms in total. The van der Waals surface area contributed by atoms with Crippen LogP contribution in [-0.4, -0.2) is 15.4 Å². The molecule has 0 radical (unpaired) electrons. The van der Waals surface area contributed by atoms with Crippen molar-refractivity contribution in [2.24, 2.45) is 35.3 Å². The third-order valence-electron chi connectivity index (χ3n) is 5.88. The first-order valence-electron chi connectivity index (χ1n) is 7.48. The van der Waals surface area contributed by atoms with Gasteiger partial charge in [-0.3, -0.25) is 4.40 Å². The monoisotopic (exact) mass is 273 g/mol. The molecule has 3 fully saturated rings. The van der Waals surface area contributed by atoms with E-state index in [1.54, 1.807) is 11.3 Å². The van der Waals surface area contributed by atoms with Crippen LogP contribution >= 0.6 is 11.3 Å². The lowest BCUT2D eigenvalue weighted by Gasteiger charge is -2.14. The molecule has 19 heavy (non-hydrogen) atoms. The van der Waals surface area contributed by atoms with Gasteiger partial charge in [0.25, 0.3) is 0 Å². The first kappa shape index (κ1) is 10.9. The molecule has 100 valence electrons. The van der Waals surface area contributed by atoms with E-state index >= 15 is 0 Å². The van der Waals surface area contributed by atoms with Crippen molar-refractivity contribution < 1.29 is 0 Å². The third-order valence-corrected chi connectivity index (χ3v) is 6.65. The van der Waals surface area contributed by atoms with E-state index in [0.29, 0.717) is 6.04 Å². The van der Waals surface area contributed by atoms with Crippen molar-refractivity contribution in [2.75, 3.05) is 0 Å². The Bertz CT molecular complexity index is 586. The molecule has 2 heterocycles. The van der Waals surface area contributed by atoms with Crippen LogP contribution in [0.2, 0.25) is 0 Å². The lowest BCUT2D eigenvalue weighted by atomic mass is 9.95. The van der Waals surface area contributed by atoms with E-state index in [4.69, 9.17) is 5.73 Å². The van der Waals surface area contributed by atoms with E-state index in [1.165, 1.54) is 25.0 Å². The number of hydrogen-bond donors (Lipinski definition) is 1. The van der Waals surface area contributed by atoms with Crippen LogP contribution in [0.5, 0.6) is 0 Å². The second-order valence-corrected chi connectivity index (χ2v) is 7.63. The minimum atomic E-state index is 0.336. The quantitative estimate of drug-likeness (QED) is 0.934. The molecular formula is C15H19N3S. The topological polar surface area (TPSA) is 43.3 Å². The molecule has 0 spiro atoms. The highest BCUT2D eigenvalue weighted by atomic mass is 32.1. The Morgan fingerprint density at radius 3 is 2.89 bits per heavy atom. The van der Waals surface area contributed by atoms with Gasteiger partial charge in [-0.25, -0.2) is 4.98 Å². The molecule has 2 aromatic rings. The zero-order chi connectivity index (χ0) is 12.6. The molecule has 0 aliphatic heterocycles. The molecule has 0 saturated heterocycles. The zero-order valence-electron chi connectivity index (χ0n) is 10.9. The summed E-state index contributed by atoms with van der Waals surface area (Å²) < 4.78 is 2.12. The maximum absolute atomic E-state index is 6.50. The van der Waals surface area contributed by atoms with Gasteiger partial charge in [0.2, 0.25) is 0 Å². The first-order valence-corrected chi connectivity index (χ1v) is 8.36. The summed E-state index contributed by atoms with van der Waals surface area (Å²) in [4.78, 5) is 5.77. The molecule has 0 amide bonds. The molecule has 5 atom stereocenters. The molecule has 2 aromatic heterocycles. The number of fused-ring (bicyclic) bond motifs is 6. The van der Waals surface area contributed by atoms with Crippen LogP contribution in [-0.2, 0) is 6.42 Å². The Labute approximate surface area is 116 Å². The normalized spacial score (nSPS) is 40.8. The molecule has 0 aromatic carbocycles. The Hall–Kier alpha value is -0.870. The molecule has 2 N–H and O–H groups in total. The van der Waals surface area contributed by atoms with Gasteiger partial charge in [-0.05, 0) is 48.9 Å². The van der Waals surface area contributed by atoms with E-state index in [-0.39, 0.29) is 0 Å². The predicted octanol–water partition coefficient (Wildman–Crippen LogP) is 2.56. The van der Waals surface area contributed by atoms with Crippen molar-refractivity contribution in [3.05, 3.63) is 23.5 Å². The van der Waals surface area contributed by atoms with Crippen molar-refractivity contribution in [2.45, 2.75) is 31.7 Å². The standard InChI is InChI=1S/C15H19N3S/c16-11(6-10-7-18-3-4-19-15(18)17-10)14-12-8-1-2-9(5-8)13(12)14/h3-4,7-9,11-14H,1-2,5-6,16H2. The van der Waals surface area contributed by atoms with E-state index in [9.17, 15) is 0 Å². The van der Waals surface area contributed by atoms with Crippen molar-refractivity contribution in [3.8, 4) is 0 Å². The number of aromatic nitrogens is 2. The zero-order valence-corrected chi connectivity index (χ0v) is 11.7. The Balaban J connectivity index is 1.33. The molecule has 3 aliphatic rings. The molecule has 3 aliphatic carbocycles. The second-order valence-electron chi connectivity index (χ2n) is 6.76. The van der Waals surface area contributed by atoms with Crippen molar-refractivity contribution in [1.29, 1.82) is 0 Å². The van der Waals surface area contributed by atoms with Gasteiger partial charge in [-0.2, -0.15) is 0 Å². The summed E-state index contributed by atoms with van der Waals surface area (Å²) in [6.07, 6.45) is 9.67. The van der Waals surface area contributed by atoms with Crippen LogP contribution in [0.3, 0.4) is 0 Å². The Morgan fingerprint density at radius 1 is 1.37 bits per heavy atom. The predicted molar refractivity (Wildman–Crippen MR) is 76.0 cm³/mol. The van der Waals surface area contributed by atoms with Crippen LogP contribution in [0.25, 0.3) is 4.96 Å². The molecule has 2 bridgehead atoms. The highest BCUT2D eigenvalue weighted by molar-refractivity contribution is 7.15. The average molecular weight is 273 g/mol. The van der Waals surface area contributed by atoms with Gasteiger partial charge in [0.15, 0.2) is 4.96 Å². The minimum absolute atomic E-state index is 0.336. The van der Waals surface area contributed by atoms with Gasteiger partial charge < -0.3 is 5.73 Å². The Morgan fingerprint density at radius 2 is 2.16 bits per heavy atom. The fraction of sp³-hybridized carbons (Fsp3) is 0.667. The van der Waals surface area contributed by atoms with Crippen LogP contribution in [0.4, 0.5) is 0 Å². The molecule has 5 rings (SSSR count). The first-order chi connectivity index (χ1) is 9.31. The second kappa shape index (κ2) is 3.61. The van der Waals surface area contributed by atoms with Crippen LogP contribution in [0, 0.1) is 29.6 Å². The largest absolute Gasteiger partial charge is 0.327 e. The summed E-state index contributed by atoms with van der Waals surface area (Å²) >= 11 is 1.70. The number of imidazole rings is 1. The van der Waals surface area contributed by atoms with Crippen molar-refractivity contribution in [3.63, 3.8) is 0 Å².